The number of nitriles is 1. The highest BCUT2D eigenvalue weighted by Crippen LogP contribution is 2.30. The highest BCUT2D eigenvalue weighted by atomic mass is 15.1. The summed E-state index contributed by atoms with van der Waals surface area (Å²) in [5.41, 5.74) is 5.80. The first-order valence-corrected chi connectivity index (χ1v) is 10.1. The Kier molecular flexibility index (Phi) is 4.55. The number of hydrogen-bond acceptors (Lipinski definition) is 4. The van der Waals surface area contributed by atoms with Gasteiger partial charge < -0.3 is 15.2 Å². The molecule has 2 aromatic carbocycles. The van der Waals surface area contributed by atoms with Gasteiger partial charge in [-0.05, 0) is 68.9 Å². The Morgan fingerprint density at radius 3 is 2.83 bits per heavy atom. The van der Waals surface area contributed by atoms with Gasteiger partial charge in [-0.25, -0.2) is 0 Å². The van der Waals surface area contributed by atoms with E-state index in [4.69, 9.17) is 5.26 Å². The molecule has 3 N–H and O–H groups in total. The average molecular weight is 384 g/mol. The summed E-state index contributed by atoms with van der Waals surface area (Å²) in [5.74, 6) is 0. The molecule has 1 aliphatic rings. The zero-order valence-electron chi connectivity index (χ0n) is 16.5. The second-order valence-corrected chi connectivity index (χ2v) is 7.96. The Morgan fingerprint density at radius 1 is 1.14 bits per heavy atom. The number of nitrogens with one attached hydrogen (secondary N) is 3. The van der Waals surface area contributed by atoms with Crippen LogP contribution in [0.5, 0.6) is 0 Å². The van der Waals surface area contributed by atoms with Crippen LogP contribution in [-0.4, -0.2) is 46.3 Å². The maximum Gasteiger partial charge on any atom is 0.116 e. The fourth-order valence-corrected chi connectivity index (χ4v) is 4.26. The van der Waals surface area contributed by atoms with Crippen molar-refractivity contribution in [2.24, 2.45) is 0 Å². The SMILES string of the molecule is CN1CCC(NCc2cccc3[nH]c(-c4n[nH]c5cc(C#N)ccc45)cc23)CC1. The predicted octanol–water partition coefficient (Wildman–Crippen LogP) is 3.77. The monoisotopic (exact) mass is 384 g/mol. The van der Waals surface area contributed by atoms with Gasteiger partial charge in [0.2, 0.25) is 0 Å². The lowest BCUT2D eigenvalue weighted by atomic mass is 10.0. The van der Waals surface area contributed by atoms with E-state index in [0.29, 0.717) is 11.6 Å². The third kappa shape index (κ3) is 3.39. The summed E-state index contributed by atoms with van der Waals surface area (Å²) >= 11 is 0. The normalized spacial score (nSPS) is 15.9. The molecule has 0 aliphatic carbocycles. The topological polar surface area (TPSA) is 83.5 Å². The van der Waals surface area contributed by atoms with E-state index in [9.17, 15) is 0 Å². The quantitative estimate of drug-likeness (QED) is 0.500. The molecule has 0 unspecified atom stereocenters. The van der Waals surface area contributed by atoms with Gasteiger partial charge in [0.05, 0.1) is 22.8 Å². The largest absolute Gasteiger partial charge is 0.353 e. The zero-order chi connectivity index (χ0) is 19.8. The first-order valence-electron chi connectivity index (χ1n) is 10.1. The van der Waals surface area contributed by atoms with E-state index in [0.717, 1.165) is 47.4 Å². The second kappa shape index (κ2) is 7.36. The van der Waals surface area contributed by atoms with Crippen molar-refractivity contribution in [2.45, 2.75) is 25.4 Å². The van der Waals surface area contributed by atoms with Gasteiger partial charge in [0, 0.05) is 28.9 Å². The van der Waals surface area contributed by atoms with Gasteiger partial charge in [-0.3, -0.25) is 5.10 Å². The maximum absolute atomic E-state index is 9.11. The Hall–Kier alpha value is -3.14. The van der Waals surface area contributed by atoms with Crippen molar-refractivity contribution in [1.82, 2.24) is 25.4 Å². The molecule has 0 saturated carbocycles. The van der Waals surface area contributed by atoms with Gasteiger partial charge >= 0.3 is 0 Å². The molecule has 0 atom stereocenters. The Labute approximate surface area is 169 Å². The fourth-order valence-electron chi connectivity index (χ4n) is 4.26. The summed E-state index contributed by atoms with van der Waals surface area (Å²) in [7, 11) is 2.19. The van der Waals surface area contributed by atoms with Crippen molar-refractivity contribution < 1.29 is 0 Å². The number of fused-ring (bicyclic) bond motifs is 2. The molecule has 6 nitrogen and oxygen atoms in total. The number of nitrogens with zero attached hydrogens (tertiary/aromatic N) is 3. The van der Waals surface area contributed by atoms with Crippen LogP contribution in [0.15, 0.2) is 42.5 Å². The number of likely N-dealkylation sites (tertiary alicyclic amines) is 1. The average Bonchev–Trinajstić information content (AvgIpc) is 3.36. The van der Waals surface area contributed by atoms with E-state index in [-0.39, 0.29) is 0 Å². The van der Waals surface area contributed by atoms with E-state index < -0.39 is 0 Å². The molecule has 1 saturated heterocycles. The Balaban J connectivity index is 1.44. The predicted molar refractivity (Wildman–Crippen MR) is 115 cm³/mol. The molecule has 1 fully saturated rings. The van der Waals surface area contributed by atoms with Crippen molar-refractivity contribution in [2.75, 3.05) is 20.1 Å². The number of aromatic nitrogens is 3. The van der Waals surface area contributed by atoms with E-state index in [2.05, 4.69) is 62.8 Å². The molecule has 5 rings (SSSR count). The van der Waals surface area contributed by atoms with Crippen LogP contribution in [0.2, 0.25) is 0 Å². The first-order chi connectivity index (χ1) is 14.2. The van der Waals surface area contributed by atoms with Crippen LogP contribution in [0.3, 0.4) is 0 Å². The Morgan fingerprint density at radius 2 is 2.00 bits per heavy atom. The van der Waals surface area contributed by atoms with Crippen molar-refractivity contribution in [1.29, 1.82) is 5.26 Å². The molecule has 0 amide bonds. The summed E-state index contributed by atoms with van der Waals surface area (Å²) in [5, 5.41) is 22.7. The minimum Gasteiger partial charge on any atom is -0.353 e. The van der Waals surface area contributed by atoms with Crippen LogP contribution in [0.4, 0.5) is 0 Å². The number of rotatable bonds is 4. The molecule has 1 aliphatic heterocycles. The van der Waals surface area contributed by atoms with E-state index >= 15 is 0 Å². The van der Waals surface area contributed by atoms with E-state index in [1.807, 2.05) is 18.2 Å². The van der Waals surface area contributed by atoms with E-state index in [1.165, 1.54) is 23.8 Å². The highest BCUT2D eigenvalue weighted by molar-refractivity contribution is 5.96. The molecule has 29 heavy (non-hydrogen) atoms. The van der Waals surface area contributed by atoms with Crippen LogP contribution in [0, 0.1) is 11.3 Å². The zero-order valence-corrected chi connectivity index (χ0v) is 16.5. The van der Waals surface area contributed by atoms with Gasteiger partial charge in [0.15, 0.2) is 0 Å². The van der Waals surface area contributed by atoms with Crippen LogP contribution in [-0.2, 0) is 6.54 Å². The van der Waals surface area contributed by atoms with Crippen molar-refractivity contribution in [3.05, 3.63) is 53.6 Å². The smallest absolute Gasteiger partial charge is 0.116 e. The van der Waals surface area contributed by atoms with Crippen LogP contribution >= 0.6 is 0 Å². The Bertz CT molecular complexity index is 1200. The minimum atomic E-state index is 0.587. The molecule has 6 heteroatoms. The number of hydrogen-bond donors (Lipinski definition) is 3. The number of H-pyrrole nitrogens is 2. The molecular weight excluding hydrogens is 360 g/mol. The summed E-state index contributed by atoms with van der Waals surface area (Å²) in [6, 6.07) is 17.0. The molecule has 4 aromatic rings. The lowest BCUT2D eigenvalue weighted by molar-refractivity contribution is 0.234. The van der Waals surface area contributed by atoms with Crippen molar-refractivity contribution in [3.8, 4) is 17.5 Å². The van der Waals surface area contributed by atoms with E-state index in [1.54, 1.807) is 0 Å². The van der Waals surface area contributed by atoms with Gasteiger partial charge in [0.1, 0.15) is 5.69 Å². The van der Waals surface area contributed by atoms with Gasteiger partial charge in [-0.1, -0.05) is 12.1 Å². The van der Waals surface area contributed by atoms with Crippen LogP contribution in [0.25, 0.3) is 33.2 Å². The minimum absolute atomic E-state index is 0.587. The number of benzene rings is 2. The third-order valence-electron chi connectivity index (χ3n) is 6.00. The summed E-state index contributed by atoms with van der Waals surface area (Å²) in [6.45, 7) is 3.20. The fraction of sp³-hybridized carbons (Fsp3) is 0.304. The standard InChI is InChI=1S/C23H24N6/c1-29-9-7-17(8-10-29)25-14-16-3-2-4-20-19(16)12-22(26-20)23-18-6-5-15(13-24)11-21(18)27-28-23/h2-6,11-12,17,25-26H,7-10,14H2,1H3,(H,27,28). The second-order valence-electron chi connectivity index (χ2n) is 7.96. The first kappa shape index (κ1) is 17.9. The van der Waals surface area contributed by atoms with Gasteiger partial charge in [-0.15, -0.1) is 0 Å². The van der Waals surface area contributed by atoms with Gasteiger partial charge in [-0.2, -0.15) is 10.4 Å². The van der Waals surface area contributed by atoms with Gasteiger partial charge in [0.25, 0.3) is 0 Å². The maximum atomic E-state index is 9.11. The molecule has 3 heterocycles. The molecule has 146 valence electrons. The molecule has 0 bridgehead atoms. The third-order valence-corrected chi connectivity index (χ3v) is 6.00. The van der Waals surface area contributed by atoms with Crippen LogP contribution in [0.1, 0.15) is 24.0 Å². The van der Waals surface area contributed by atoms with Crippen molar-refractivity contribution in [3.63, 3.8) is 0 Å². The number of aromatic amines is 2. The van der Waals surface area contributed by atoms with Crippen LogP contribution < -0.4 is 5.32 Å². The summed E-state index contributed by atoms with van der Waals surface area (Å²) < 4.78 is 0. The summed E-state index contributed by atoms with van der Waals surface area (Å²) in [6.07, 6.45) is 2.41. The molecular formula is C23H24N6. The molecule has 2 aromatic heterocycles. The lowest BCUT2D eigenvalue weighted by Gasteiger charge is -2.29. The molecule has 0 radical (unpaired) electrons. The lowest BCUT2D eigenvalue weighted by Crippen LogP contribution is -2.40. The number of piperidine rings is 1. The van der Waals surface area contributed by atoms with Crippen molar-refractivity contribution >= 4 is 21.8 Å². The summed E-state index contributed by atoms with van der Waals surface area (Å²) in [4.78, 5) is 5.91. The molecule has 0 spiro atoms. The highest BCUT2D eigenvalue weighted by Gasteiger charge is 2.17.